The van der Waals surface area contributed by atoms with Crippen molar-refractivity contribution in [2.75, 3.05) is 19.5 Å². The van der Waals surface area contributed by atoms with Crippen molar-refractivity contribution in [1.29, 1.82) is 0 Å². The van der Waals surface area contributed by atoms with Gasteiger partial charge in [-0.2, -0.15) is 0 Å². The van der Waals surface area contributed by atoms with Gasteiger partial charge >= 0.3 is 0 Å². The fourth-order valence-corrected chi connectivity index (χ4v) is 2.25. The van der Waals surface area contributed by atoms with Crippen LogP contribution in [0.4, 0.5) is 5.69 Å². The molecule has 0 radical (unpaired) electrons. The lowest BCUT2D eigenvalue weighted by molar-refractivity contribution is 0.102. The Kier molecular flexibility index (Phi) is 5.06. The lowest BCUT2D eigenvalue weighted by Gasteiger charge is -2.14. The molecule has 0 atom stereocenters. The largest absolute Gasteiger partial charge is 0.496 e. The minimum Gasteiger partial charge on any atom is -0.496 e. The number of benzene rings is 2. The van der Waals surface area contributed by atoms with Gasteiger partial charge in [-0.1, -0.05) is 24.3 Å². The van der Waals surface area contributed by atoms with Gasteiger partial charge in [0.1, 0.15) is 17.1 Å². The van der Waals surface area contributed by atoms with Crippen LogP contribution in [-0.4, -0.2) is 20.1 Å². The van der Waals surface area contributed by atoms with Gasteiger partial charge in [-0.25, -0.2) is 0 Å². The van der Waals surface area contributed by atoms with Gasteiger partial charge in [0.15, 0.2) is 0 Å². The predicted octanol–water partition coefficient (Wildman–Crippen LogP) is 3.69. The number of hydrogen-bond donors (Lipinski definition) is 1. The molecule has 110 valence electrons. The second-order valence-corrected chi connectivity index (χ2v) is 4.55. The Morgan fingerprint density at radius 3 is 2.24 bits per heavy atom. The van der Waals surface area contributed by atoms with Crippen LogP contribution in [0.3, 0.4) is 0 Å². The number of carbonyl (C=O) groups is 1. The van der Waals surface area contributed by atoms with Crippen LogP contribution in [-0.2, 0) is 5.88 Å². The fraction of sp³-hybridized carbons (Fsp3) is 0.188. The molecule has 0 aliphatic rings. The zero-order valence-electron chi connectivity index (χ0n) is 11.9. The highest BCUT2D eigenvalue weighted by Crippen LogP contribution is 2.29. The maximum atomic E-state index is 12.5. The number of methoxy groups -OCH3 is 2. The van der Waals surface area contributed by atoms with Gasteiger partial charge in [-0.15, -0.1) is 11.6 Å². The lowest BCUT2D eigenvalue weighted by atomic mass is 10.1. The molecule has 0 aromatic heterocycles. The quantitative estimate of drug-likeness (QED) is 0.857. The molecular formula is C16H16ClNO3. The summed E-state index contributed by atoms with van der Waals surface area (Å²) >= 11 is 5.88. The number of alkyl halides is 1. The van der Waals surface area contributed by atoms with Crippen molar-refractivity contribution < 1.29 is 14.3 Å². The third kappa shape index (κ3) is 3.28. The molecule has 1 N–H and O–H groups in total. The van der Waals surface area contributed by atoms with Crippen LogP contribution < -0.4 is 14.8 Å². The smallest absolute Gasteiger partial charge is 0.263 e. The third-order valence-corrected chi connectivity index (χ3v) is 3.35. The molecular weight excluding hydrogens is 290 g/mol. The number of carbonyl (C=O) groups excluding carboxylic acids is 1. The van der Waals surface area contributed by atoms with Crippen LogP contribution in [0.15, 0.2) is 42.5 Å². The first-order valence-electron chi connectivity index (χ1n) is 6.37. The second-order valence-electron chi connectivity index (χ2n) is 4.28. The summed E-state index contributed by atoms with van der Waals surface area (Å²) < 4.78 is 10.5. The molecule has 0 heterocycles. The van der Waals surface area contributed by atoms with Crippen molar-refractivity contribution in [1.82, 2.24) is 0 Å². The maximum Gasteiger partial charge on any atom is 0.263 e. The number of hydrogen-bond acceptors (Lipinski definition) is 3. The van der Waals surface area contributed by atoms with E-state index in [9.17, 15) is 4.79 Å². The minimum absolute atomic E-state index is 0.304. The van der Waals surface area contributed by atoms with Gasteiger partial charge < -0.3 is 14.8 Å². The van der Waals surface area contributed by atoms with E-state index in [0.29, 0.717) is 28.6 Å². The highest BCUT2D eigenvalue weighted by molar-refractivity contribution is 6.18. The molecule has 0 bridgehead atoms. The zero-order chi connectivity index (χ0) is 15.2. The highest BCUT2D eigenvalue weighted by atomic mass is 35.5. The van der Waals surface area contributed by atoms with Gasteiger partial charge in [-0.3, -0.25) is 4.79 Å². The topological polar surface area (TPSA) is 47.6 Å². The molecule has 0 aliphatic carbocycles. The molecule has 0 aliphatic heterocycles. The average molecular weight is 306 g/mol. The van der Waals surface area contributed by atoms with Crippen LogP contribution in [0, 0.1) is 0 Å². The van der Waals surface area contributed by atoms with Crippen molar-refractivity contribution in [2.45, 2.75) is 5.88 Å². The minimum atomic E-state index is -0.304. The van der Waals surface area contributed by atoms with Crippen LogP contribution >= 0.6 is 11.6 Å². The molecule has 2 aromatic rings. The van der Waals surface area contributed by atoms with E-state index in [4.69, 9.17) is 21.1 Å². The van der Waals surface area contributed by atoms with Crippen LogP contribution in [0.1, 0.15) is 15.9 Å². The number of amides is 1. The van der Waals surface area contributed by atoms with Gasteiger partial charge in [-0.05, 0) is 23.8 Å². The van der Waals surface area contributed by atoms with E-state index in [1.807, 2.05) is 18.2 Å². The molecule has 0 unspecified atom stereocenters. The molecule has 0 saturated heterocycles. The number of para-hydroxylation sites is 1. The summed E-state index contributed by atoms with van der Waals surface area (Å²) in [5, 5.41) is 2.84. The Bertz CT molecular complexity index is 621. The summed E-state index contributed by atoms with van der Waals surface area (Å²) in [5.74, 6) is 0.923. The Morgan fingerprint density at radius 1 is 1.05 bits per heavy atom. The summed E-state index contributed by atoms with van der Waals surface area (Å²) in [7, 11) is 3.02. The van der Waals surface area contributed by atoms with E-state index in [2.05, 4.69) is 5.32 Å². The van der Waals surface area contributed by atoms with E-state index >= 15 is 0 Å². The molecule has 1 amide bonds. The molecule has 4 nitrogen and oxygen atoms in total. The van der Waals surface area contributed by atoms with Crippen LogP contribution in [0.5, 0.6) is 11.5 Å². The number of rotatable bonds is 5. The maximum absolute atomic E-state index is 12.5. The van der Waals surface area contributed by atoms with Crippen molar-refractivity contribution >= 4 is 23.2 Å². The van der Waals surface area contributed by atoms with Crippen molar-refractivity contribution in [3.63, 3.8) is 0 Å². The van der Waals surface area contributed by atoms with E-state index < -0.39 is 0 Å². The number of halogens is 1. The molecule has 2 aromatic carbocycles. The van der Waals surface area contributed by atoms with E-state index in [0.717, 1.165) is 5.56 Å². The van der Waals surface area contributed by atoms with Gasteiger partial charge in [0.05, 0.1) is 14.2 Å². The van der Waals surface area contributed by atoms with Gasteiger partial charge in [0.2, 0.25) is 0 Å². The number of nitrogens with one attached hydrogen (secondary N) is 1. The molecule has 5 heteroatoms. The Hall–Kier alpha value is -2.20. The number of ether oxygens (including phenoxy) is 2. The van der Waals surface area contributed by atoms with E-state index in [1.165, 1.54) is 14.2 Å². The second kappa shape index (κ2) is 6.99. The molecule has 21 heavy (non-hydrogen) atoms. The number of anilines is 1. The average Bonchev–Trinajstić information content (AvgIpc) is 2.54. The first-order valence-corrected chi connectivity index (χ1v) is 6.91. The molecule has 0 saturated carbocycles. The predicted molar refractivity (Wildman–Crippen MR) is 83.5 cm³/mol. The molecule has 2 rings (SSSR count). The van der Waals surface area contributed by atoms with Gasteiger partial charge in [0, 0.05) is 11.6 Å². The summed E-state index contributed by atoms with van der Waals surface area (Å²) in [4.78, 5) is 12.5. The Morgan fingerprint density at radius 2 is 1.67 bits per heavy atom. The van der Waals surface area contributed by atoms with Crippen LogP contribution in [0.25, 0.3) is 0 Å². The summed E-state index contributed by atoms with van der Waals surface area (Å²) in [6.45, 7) is 0. The van der Waals surface area contributed by atoms with E-state index in [-0.39, 0.29) is 5.91 Å². The Balaban J connectivity index is 2.36. The first kappa shape index (κ1) is 15.2. The normalized spacial score (nSPS) is 10.0. The van der Waals surface area contributed by atoms with Crippen molar-refractivity contribution in [3.8, 4) is 11.5 Å². The monoisotopic (exact) mass is 305 g/mol. The SMILES string of the molecule is COc1cccc(OC)c1C(=O)Nc1ccccc1CCl. The van der Waals surface area contributed by atoms with Gasteiger partial charge in [0.25, 0.3) is 5.91 Å². The summed E-state index contributed by atoms with van der Waals surface area (Å²) in [6.07, 6.45) is 0. The van der Waals surface area contributed by atoms with Crippen molar-refractivity contribution in [2.24, 2.45) is 0 Å². The summed E-state index contributed by atoms with van der Waals surface area (Å²) in [5.41, 5.74) is 1.87. The van der Waals surface area contributed by atoms with E-state index in [1.54, 1.807) is 24.3 Å². The third-order valence-electron chi connectivity index (χ3n) is 3.06. The van der Waals surface area contributed by atoms with Crippen molar-refractivity contribution in [3.05, 3.63) is 53.6 Å². The van der Waals surface area contributed by atoms with Crippen LogP contribution in [0.2, 0.25) is 0 Å². The lowest BCUT2D eigenvalue weighted by Crippen LogP contribution is -2.15. The molecule has 0 spiro atoms. The first-order chi connectivity index (χ1) is 10.2. The summed E-state index contributed by atoms with van der Waals surface area (Å²) in [6, 6.07) is 12.6. The zero-order valence-corrected chi connectivity index (χ0v) is 12.6. The standard InChI is InChI=1S/C16H16ClNO3/c1-20-13-8-5-9-14(21-2)15(13)16(19)18-12-7-4-3-6-11(12)10-17/h3-9H,10H2,1-2H3,(H,18,19). The highest BCUT2D eigenvalue weighted by Gasteiger charge is 2.18. The molecule has 0 fully saturated rings. The fourth-order valence-electron chi connectivity index (χ4n) is 2.02. The Labute approximate surface area is 128 Å².